The molecule has 6 aromatic rings. The number of rotatable bonds is 9. The van der Waals surface area contributed by atoms with E-state index >= 15 is 0 Å². The summed E-state index contributed by atoms with van der Waals surface area (Å²) < 4.78 is 77.9. The average Bonchev–Trinajstić information content (AvgIpc) is 3.99. The van der Waals surface area contributed by atoms with E-state index in [1.54, 1.807) is 93.1 Å². The summed E-state index contributed by atoms with van der Waals surface area (Å²) in [6.07, 6.45) is 15.1. The number of nitrogens with two attached hydrogens (primary N) is 1. The van der Waals surface area contributed by atoms with Crippen molar-refractivity contribution in [3.63, 3.8) is 0 Å². The van der Waals surface area contributed by atoms with Gasteiger partial charge < -0.3 is 15.1 Å². The van der Waals surface area contributed by atoms with E-state index in [0.717, 1.165) is 30.4 Å². The number of carbonyl (C=O) groups excluding carboxylic acids is 2. The first-order valence-corrected chi connectivity index (χ1v) is 22.4. The minimum atomic E-state index is -4.28. The highest BCUT2D eigenvalue weighted by atomic mass is 32.2. The van der Waals surface area contributed by atoms with Gasteiger partial charge in [0.05, 0.1) is 35.1 Å². The molecule has 2 aromatic carbocycles. The van der Waals surface area contributed by atoms with Crippen LogP contribution in [0.2, 0.25) is 0 Å². The van der Waals surface area contributed by atoms with Crippen molar-refractivity contribution >= 4 is 54.9 Å². The van der Waals surface area contributed by atoms with Gasteiger partial charge in [0.2, 0.25) is 6.08 Å². The standard InChI is InChI=1S/C21H21FN6O3S.C15H11FN2O.C6H10N4O2S/c1-28(2)14-10-19(26-24-12-14)32(30,31)27-21(29)25-20-16-5-3-4-15(16)18(22)11-17(20)13-6-8-23-9-7-13;16-14-8-13(10-4-6-17-7-5-10)15(18-9-19)12-3-1-2-11(12)14;1-10(2)5-3-6(9-8-4-5)13(7,11)12/h6-12H,3-5H2,1-2H3,(H2,25,27,29);4-8H,1-3H2;3-4H,1-2H3,(H2,7,11,12). The number of halogens is 2. The molecule has 4 aromatic heterocycles. The van der Waals surface area contributed by atoms with Crippen molar-refractivity contribution in [2.45, 2.75) is 48.6 Å². The van der Waals surface area contributed by atoms with Crippen LogP contribution in [0.4, 0.5) is 36.3 Å². The normalized spacial score (nSPS) is 12.5. The van der Waals surface area contributed by atoms with Crippen LogP contribution in [-0.2, 0) is 50.5 Å². The van der Waals surface area contributed by atoms with Crippen LogP contribution in [-0.4, -0.2) is 87.5 Å². The maximum atomic E-state index is 14.7. The van der Waals surface area contributed by atoms with E-state index in [4.69, 9.17) is 5.14 Å². The number of fused-ring (bicyclic) bond motifs is 2. The third-order valence-corrected chi connectivity index (χ3v) is 12.1. The van der Waals surface area contributed by atoms with Gasteiger partial charge in [-0.05, 0) is 108 Å². The van der Waals surface area contributed by atoms with Crippen LogP contribution in [0.25, 0.3) is 22.3 Å². The summed E-state index contributed by atoms with van der Waals surface area (Å²) in [5, 5.41) is 21.1. The van der Waals surface area contributed by atoms with Gasteiger partial charge in [0.1, 0.15) is 11.6 Å². The lowest BCUT2D eigenvalue weighted by atomic mass is 9.97. The molecule has 8 rings (SSSR count). The molecule has 0 aliphatic heterocycles. The molecule has 2 aliphatic carbocycles. The number of hydrogen-bond acceptors (Lipinski definition) is 15. The van der Waals surface area contributed by atoms with Crippen LogP contribution in [0.5, 0.6) is 0 Å². The zero-order valence-electron chi connectivity index (χ0n) is 34.9. The molecular formula is C42H42F2N12O6S2. The van der Waals surface area contributed by atoms with Crippen molar-refractivity contribution in [3.05, 3.63) is 120 Å². The molecule has 332 valence electrons. The third-order valence-electron chi connectivity index (χ3n) is 10.1. The second-order valence-corrected chi connectivity index (χ2v) is 17.9. The molecular weight excluding hydrogens is 871 g/mol. The van der Waals surface area contributed by atoms with Gasteiger partial charge in [-0.3, -0.25) is 9.97 Å². The highest BCUT2D eigenvalue weighted by Gasteiger charge is 2.27. The van der Waals surface area contributed by atoms with E-state index < -0.39 is 31.1 Å². The highest BCUT2D eigenvalue weighted by Crippen LogP contribution is 2.41. The fourth-order valence-corrected chi connectivity index (χ4v) is 8.30. The van der Waals surface area contributed by atoms with Crippen LogP contribution in [0.3, 0.4) is 0 Å². The molecule has 0 atom stereocenters. The molecule has 2 aliphatic rings. The zero-order chi connectivity index (χ0) is 46.2. The molecule has 4 N–H and O–H groups in total. The number of amides is 2. The van der Waals surface area contributed by atoms with Crippen LogP contribution >= 0.6 is 0 Å². The fourth-order valence-electron chi connectivity index (χ4n) is 7.02. The summed E-state index contributed by atoms with van der Waals surface area (Å²) in [4.78, 5) is 38.5. The molecule has 2 amide bonds. The van der Waals surface area contributed by atoms with Gasteiger partial charge in [-0.1, -0.05) is 0 Å². The first-order chi connectivity index (χ1) is 30.5. The summed E-state index contributed by atoms with van der Waals surface area (Å²) in [6, 6.07) is 11.4. The number of nitrogens with zero attached hydrogens (tertiary/aromatic N) is 9. The van der Waals surface area contributed by atoms with E-state index in [0.29, 0.717) is 75.4 Å². The van der Waals surface area contributed by atoms with Gasteiger partial charge in [0.15, 0.2) is 10.1 Å². The molecule has 22 heteroatoms. The quantitative estimate of drug-likeness (QED) is 0.123. The van der Waals surface area contributed by atoms with Crippen molar-refractivity contribution in [3.8, 4) is 22.3 Å². The van der Waals surface area contributed by atoms with Gasteiger partial charge in [-0.15, -0.1) is 10.2 Å². The smallest absolute Gasteiger partial charge is 0.333 e. The van der Waals surface area contributed by atoms with Crippen LogP contribution in [0.15, 0.2) is 101 Å². The number of benzene rings is 2. The Bertz CT molecular complexity index is 2960. The topological polar surface area (TPSA) is 249 Å². The number of isocyanates is 1. The molecule has 0 spiro atoms. The van der Waals surface area contributed by atoms with Crippen LogP contribution in [0, 0.1) is 11.6 Å². The van der Waals surface area contributed by atoms with Crippen molar-refractivity contribution in [1.82, 2.24) is 35.1 Å². The molecule has 64 heavy (non-hydrogen) atoms. The summed E-state index contributed by atoms with van der Waals surface area (Å²) >= 11 is 0. The van der Waals surface area contributed by atoms with Crippen LogP contribution < -0.4 is 25.0 Å². The molecule has 4 heterocycles. The zero-order valence-corrected chi connectivity index (χ0v) is 36.6. The van der Waals surface area contributed by atoms with Crippen molar-refractivity contribution < 1.29 is 35.2 Å². The van der Waals surface area contributed by atoms with Crippen molar-refractivity contribution in [1.29, 1.82) is 0 Å². The summed E-state index contributed by atoms with van der Waals surface area (Å²) in [7, 11) is -1.05. The minimum Gasteiger partial charge on any atom is -0.376 e. The number of aliphatic imine (C=N–C) groups is 1. The Labute approximate surface area is 367 Å². The SMILES string of the molecule is CN(C)c1cnnc(S(=O)(=O)NC(=O)Nc2c(-c3ccncc3)cc(F)c3c2CCC3)c1.CN(C)c1cnnc(S(N)(=O)=O)c1.O=C=Nc1c(-c2ccncc2)cc(F)c2c1CCC2. The Balaban J connectivity index is 0.000000179. The molecule has 0 saturated carbocycles. The Hall–Kier alpha value is -7.13. The predicted molar refractivity (Wildman–Crippen MR) is 235 cm³/mol. The van der Waals surface area contributed by atoms with Gasteiger partial charge in [-0.25, -0.2) is 36.6 Å². The summed E-state index contributed by atoms with van der Waals surface area (Å²) in [5.41, 5.74) is 7.34. The van der Waals surface area contributed by atoms with E-state index in [9.17, 15) is 35.2 Å². The number of carbonyl (C=O) groups is 1. The van der Waals surface area contributed by atoms with Gasteiger partial charge in [0.25, 0.3) is 20.0 Å². The first-order valence-electron chi connectivity index (χ1n) is 19.4. The molecule has 0 bridgehead atoms. The maximum Gasteiger partial charge on any atom is 0.333 e. The number of hydrogen-bond donors (Lipinski definition) is 3. The van der Waals surface area contributed by atoms with E-state index in [1.165, 1.54) is 36.7 Å². The lowest BCUT2D eigenvalue weighted by molar-refractivity contribution is 0.256. The molecule has 18 nitrogen and oxygen atoms in total. The number of pyridine rings is 2. The number of primary sulfonamides is 1. The number of nitrogens with one attached hydrogen (secondary N) is 2. The molecule has 0 fully saturated rings. The monoisotopic (exact) mass is 912 g/mol. The molecule has 0 unspecified atom stereocenters. The lowest BCUT2D eigenvalue weighted by Crippen LogP contribution is -2.35. The van der Waals surface area contributed by atoms with Crippen molar-refractivity contribution in [2.24, 2.45) is 10.1 Å². The molecule has 0 saturated heterocycles. The fraction of sp³-hybridized carbons (Fsp3) is 0.238. The van der Waals surface area contributed by atoms with Crippen molar-refractivity contribution in [2.75, 3.05) is 43.3 Å². The number of urea groups is 1. The predicted octanol–water partition coefficient (Wildman–Crippen LogP) is 5.28. The summed E-state index contributed by atoms with van der Waals surface area (Å²) in [6.45, 7) is 0. The Kier molecular flexibility index (Phi) is 14.4. The second kappa shape index (κ2) is 19.9. The van der Waals surface area contributed by atoms with Gasteiger partial charge in [-0.2, -0.15) is 23.6 Å². The Morgan fingerprint density at radius 1 is 0.703 bits per heavy atom. The highest BCUT2D eigenvalue weighted by molar-refractivity contribution is 7.90. The van der Waals surface area contributed by atoms with E-state index in [-0.39, 0.29) is 16.7 Å². The van der Waals surface area contributed by atoms with E-state index in [2.05, 4.69) is 40.7 Å². The second-order valence-electron chi connectivity index (χ2n) is 14.7. The third kappa shape index (κ3) is 10.9. The number of sulfonamides is 2. The Morgan fingerprint density at radius 2 is 1.17 bits per heavy atom. The van der Waals surface area contributed by atoms with E-state index in [1.807, 2.05) is 4.72 Å². The maximum absolute atomic E-state index is 14.7. The lowest BCUT2D eigenvalue weighted by Gasteiger charge is -2.17. The largest absolute Gasteiger partial charge is 0.376 e. The summed E-state index contributed by atoms with van der Waals surface area (Å²) in [5.74, 6) is -0.567. The average molecular weight is 913 g/mol. The minimum absolute atomic E-state index is 0.218. The molecule has 0 radical (unpaired) electrons. The number of aromatic nitrogens is 6. The van der Waals surface area contributed by atoms with Gasteiger partial charge in [0, 0.05) is 76.2 Å². The number of anilines is 3. The first kappa shape index (κ1) is 46.4. The van der Waals surface area contributed by atoms with Gasteiger partial charge >= 0.3 is 6.03 Å². The Morgan fingerprint density at radius 3 is 1.70 bits per heavy atom. The van der Waals surface area contributed by atoms with Crippen LogP contribution in [0.1, 0.15) is 35.1 Å².